The van der Waals surface area contributed by atoms with Crippen molar-refractivity contribution in [3.63, 3.8) is 0 Å². The number of hydrogen-bond acceptors (Lipinski definition) is 5. The first-order valence-electron chi connectivity index (χ1n) is 9.22. The molecule has 1 unspecified atom stereocenters. The number of benzene rings is 1. The number of nitrogens with one attached hydrogen (secondary N) is 1. The molecule has 1 N–H and O–H groups in total. The van der Waals surface area contributed by atoms with Gasteiger partial charge in [-0.3, -0.25) is 4.79 Å². The molecular formula is C20H23N5O2. The van der Waals surface area contributed by atoms with Gasteiger partial charge in [-0.15, -0.1) is 10.2 Å². The van der Waals surface area contributed by atoms with E-state index in [1.807, 2.05) is 30.3 Å². The number of amides is 1. The molecule has 7 nitrogen and oxygen atoms in total. The Labute approximate surface area is 157 Å². The largest absolute Gasteiger partial charge is 0.497 e. The van der Waals surface area contributed by atoms with E-state index >= 15 is 0 Å². The monoisotopic (exact) mass is 365 g/mol. The minimum absolute atomic E-state index is 0.0238. The van der Waals surface area contributed by atoms with Gasteiger partial charge in [-0.2, -0.15) is 9.61 Å². The van der Waals surface area contributed by atoms with E-state index in [4.69, 9.17) is 4.74 Å². The fraction of sp³-hybridized carbons (Fsp3) is 0.400. The van der Waals surface area contributed by atoms with Crippen LogP contribution < -0.4 is 10.1 Å². The molecule has 1 saturated carbocycles. The quantitative estimate of drug-likeness (QED) is 0.726. The Morgan fingerprint density at radius 3 is 2.63 bits per heavy atom. The van der Waals surface area contributed by atoms with E-state index in [1.54, 1.807) is 11.6 Å². The smallest absolute Gasteiger partial charge is 0.272 e. The first kappa shape index (κ1) is 17.5. The van der Waals surface area contributed by atoms with Gasteiger partial charge in [0.25, 0.3) is 5.91 Å². The molecule has 27 heavy (non-hydrogen) atoms. The highest BCUT2D eigenvalue weighted by molar-refractivity contribution is 5.93. The van der Waals surface area contributed by atoms with Gasteiger partial charge in [0.1, 0.15) is 17.8 Å². The van der Waals surface area contributed by atoms with Crippen molar-refractivity contribution < 1.29 is 9.53 Å². The standard InChI is InChI=1S/C20H23N5O2/c1-12(2)16-10-17(24-25-11-21-23-19(16)25)20(26)22-18(13-4-5-13)14-6-8-15(27-3)9-7-14/h6-13,18H,4-5H2,1-3H3,(H,22,26). The number of carbonyl (C=O) groups excluding carboxylic acids is 1. The Kier molecular flexibility index (Phi) is 4.51. The molecule has 0 saturated heterocycles. The SMILES string of the molecule is COc1ccc(C(NC(=O)c2cc(C(C)C)c3nncn3n2)C2CC2)cc1. The summed E-state index contributed by atoms with van der Waals surface area (Å²) in [7, 11) is 1.65. The first-order valence-corrected chi connectivity index (χ1v) is 9.22. The van der Waals surface area contributed by atoms with Crippen LogP contribution >= 0.6 is 0 Å². The maximum atomic E-state index is 13.0. The molecule has 140 valence electrons. The van der Waals surface area contributed by atoms with Gasteiger partial charge in [-0.25, -0.2) is 0 Å². The van der Waals surface area contributed by atoms with Gasteiger partial charge in [-0.1, -0.05) is 26.0 Å². The Hall–Kier alpha value is -2.96. The van der Waals surface area contributed by atoms with Crippen molar-refractivity contribution >= 4 is 11.6 Å². The number of nitrogens with zero attached hydrogens (tertiary/aromatic N) is 4. The molecule has 0 radical (unpaired) electrons. The second-order valence-electron chi connectivity index (χ2n) is 7.30. The third-order valence-corrected chi connectivity index (χ3v) is 5.01. The van der Waals surface area contributed by atoms with Gasteiger partial charge < -0.3 is 10.1 Å². The van der Waals surface area contributed by atoms with Crippen molar-refractivity contribution in [2.24, 2.45) is 5.92 Å². The van der Waals surface area contributed by atoms with Crippen LogP contribution in [0.5, 0.6) is 5.75 Å². The fourth-order valence-corrected chi connectivity index (χ4v) is 3.32. The Morgan fingerprint density at radius 2 is 2.00 bits per heavy atom. The van der Waals surface area contributed by atoms with Crippen LogP contribution in [0, 0.1) is 5.92 Å². The molecule has 0 spiro atoms. The van der Waals surface area contributed by atoms with Gasteiger partial charge >= 0.3 is 0 Å². The number of hydrogen-bond donors (Lipinski definition) is 1. The van der Waals surface area contributed by atoms with Crippen molar-refractivity contribution in [3.8, 4) is 5.75 Å². The predicted octanol–water partition coefficient (Wildman–Crippen LogP) is 3.14. The van der Waals surface area contributed by atoms with E-state index < -0.39 is 0 Å². The number of fused-ring (bicyclic) bond motifs is 1. The summed E-state index contributed by atoms with van der Waals surface area (Å²) in [5.41, 5.74) is 3.11. The Bertz CT molecular complexity index is 960. The highest BCUT2D eigenvalue weighted by Crippen LogP contribution is 2.41. The number of rotatable bonds is 6. The minimum Gasteiger partial charge on any atom is -0.497 e. The van der Waals surface area contributed by atoms with Crippen LogP contribution in [-0.4, -0.2) is 32.8 Å². The molecule has 3 aromatic rings. The summed E-state index contributed by atoms with van der Waals surface area (Å²) in [6.45, 7) is 4.13. The van der Waals surface area contributed by atoms with Crippen molar-refractivity contribution in [2.45, 2.75) is 38.6 Å². The lowest BCUT2D eigenvalue weighted by molar-refractivity contribution is 0.0925. The maximum Gasteiger partial charge on any atom is 0.272 e. The second-order valence-corrected chi connectivity index (χ2v) is 7.30. The number of carbonyl (C=O) groups is 1. The van der Waals surface area contributed by atoms with Crippen LogP contribution in [0.2, 0.25) is 0 Å². The predicted molar refractivity (Wildman–Crippen MR) is 101 cm³/mol. The van der Waals surface area contributed by atoms with Crippen LogP contribution in [0.4, 0.5) is 0 Å². The van der Waals surface area contributed by atoms with Crippen molar-refractivity contribution in [3.05, 3.63) is 53.5 Å². The average molecular weight is 365 g/mol. The van der Waals surface area contributed by atoms with E-state index in [1.165, 1.54) is 6.33 Å². The van der Waals surface area contributed by atoms with E-state index in [-0.39, 0.29) is 17.9 Å². The van der Waals surface area contributed by atoms with Gasteiger partial charge in [0.05, 0.1) is 13.2 Å². The average Bonchev–Trinajstić information content (AvgIpc) is 3.41. The van der Waals surface area contributed by atoms with Crippen LogP contribution in [0.15, 0.2) is 36.7 Å². The summed E-state index contributed by atoms with van der Waals surface area (Å²) < 4.78 is 6.81. The third-order valence-electron chi connectivity index (χ3n) is 5.01. The summed E-state index contributed by atoms with van der Waals surface area (Å²) in [5.74, 6) is 1.30. The zero-order chi connectivity index (χ0) is 19.0. The minimum atomic E-state index is -0.180. The van der Waals surface area contributed by atoms with E-state index in [0.29, 0.717) is 17.3 Å². The normalized spacial score (nSPS) is 15.1. The van der Waals surface area contributed by atoms with E-state index in [2.05, 4.69) is 34.5 Å². The summed E-state index contributed by atoms with van der Waals surface area (Å²) in [5, 5.41) is 15.6. The van der Waals surface area contributed by atoms with Crippen LogP contribution in [0.25, 0.3) is 5.65 Å². The number of ether oxygens (including phenoxy) is 1. The van der Waals surface area contributed by atoms with Gasteiger partial charge in [-0.05, 0) is 48.4 Å². The van der Waals surface area contributed by atoms with Crippen LogP contribution in [0.3, 0.4) is 0 Å². The third kappa shape index (κ3) is 3.49. The summed E-state index contributed by atoms with van der Waals surface area (Å²) in [4.78, 5) is 13.0. The molecule has 0 aliphatic heterocycles. The molecule has 1 aliphatic carbocycles. The van der Waals surface area contributed by atoms with Gasteiger partial charge in [0, 0.05) is 5.56 Å². The molecule has 2 heterocycles. The highest BCUT2D eigenvalue weighted by atomic mass is 16.5. The van der Waals surface area contributed by atoms with Crippen molar-refractivity contribution in [2.75, 3.05) is 7.11 Å². The zero-order valence-corrected chi connectivity index (χ0v) is 15.7. The number of methoxy groups -OCH3 is 1. The summed E-state index contributed by atoms with van der Waals surface area (Å²) in [6, 6.07) is 9.67. The molecule has 2 aromatic heterocycles. The Balaban J connectivity index is 1.62. The Morgan fingerprint density at radius 1 is 1.26 bits per heavy atom. The maximum absolute atomic E-state index is 13.0. The molecule has 1 atom stereocenters. The molecular weight excluding hydrogens is 342 g/mol. The fourth-order valence-electron chi connectivity index (χ4n) is 3.32. The summed E-state index contributed by atoms with van der Waals surface area (Å²) >= 11 is 0. The molecule has 1 aliphatic rings. The summed E-state index contributed by atoms with van der Waals surface area (Å²) in [6.07, 6.45) is 3.76. The molecule has 1 aromatic carbocycles. The lowest BCUT2D eigenvalue weighted by Crippen LogP contribution is -2.31. The molecule has 0 bridgehead atoms. The van der Waals surface area contributed by atoms with Gasteiger partial charge in [0.2, 0.25) is 0 Å². The van der Waals surface area contributed by atoms with Crippen LogP contribution in [0.1, 0.15) is 60.3 Å². The molecule has 1 fully saturated rings. The van der Waals surface area contributed by atoms with Crippen LogP contribution in [-0.2, 0) is 0 Å². The van der Waals surface area contributed by atoms with Gasteiger partial charge in [0.15, 0.2) is 5.65 Å². The van der Waals surface area contributed by atoms with E-state index in [9.17, 15) is 4.79 Å². The highest BCUT2D eigenvalue weighted by Gasteiger charge is 2.34. The topological polar surface area (TPSA) is 81.4 Å². The van der Waals surface area contributed by atoms with E-state index in [0.717, 1.165) is 29.7 Å². The lowest BCUT2D eigenvalue weighted by atomic mass is 10.0. The first-order chi connectivity index (χ1) is 13.1. The molecule has 7 heteroatoms. The van der Waals surface area contributed by atoms with Crippen molar-refractivity contribution in [1.29, 1.82) is 0 Å². The van der Waals surface area contributed by atoms with Crippen molar-refractivity contribution in [1.82, 2.24) is 25.1 Å². The number of aromatic nitrogens is 4. The molecule has 1 amide bonds. The zero-order valence-electron chi connectivity index (χ0n) is 15.7. The lowest BCUT2D eigenvalue weighted by Gasteiger charge is -2.19. The second kappa shape index (κ2) is 6.98. The molecule has 4 rings (SSSR count).